The number of anilines is 2. The second kappa shape index (κ2) is 7.87. The Kier molecular flexibility index (Phi) is 6.78. The Morgan fingerprint density at radius 1 is 1.14 bits per heavy atom. The number of hydrogen-bond donors (Lipinski definition) is 2. The number of aromatic nitrogens is 2. The van der Waals surface area contributed by atoms with Crippen LogP contribution in [0.15, 0.2) is 0 Å². The SMILES string of the molecule is CCCNc1nc(C(C)C)nc(NCC(C)(C)SC)c1C. The first-order valence-electron chi connectivity index (χ1n) is 7.72. The average Bonchev–Trinajstić information content (AvgIpc) is 2.44. The Hall–Kier alpha value is -0.970. The molecular formula is C16H30N4S. The number of hydrogen-bond acceptors (Lipinski definition) is 5. The highest BCUT2D eigenvalue weighted by Gasteiger charge is 2.18. The minimum Gasteiger partial charge on any atom is -0.370 e. The van der Waals surface area contributed by atoms with Gasteiger partial charge in [0.15, 0.2) is 0 Å². The van der Waals surface area contributed by atoms with Crippen LogP contribution in [0.5, 0.6) is 0 Å². The molecule has 1 heterocycles. The quantitative estimate of drug-likeness (QED) is 0.750. The molecule has 120 valence electrons. The molecule has 0 unspecified atom stereocenters. The van der Waals surface area contributed by atoms with E-state index in [1.165, 1.54) is 0 Å². The molecule has 0 radical (unpaired) electrons. The lowest BCUT2D eigenvalue weighted by molar-refractivity contribution is 0.738. The van der Waals surface area contributed by atoms with Gasteiger partial charge in [0.05, 0.1) is 0 Å². The highest BCUT2D eigenvalue weighted by molar-refractivity contribution is 7.99. The summed E-state index contributed by atoms with van der Waals surface area (Å²) in [5.74, 6) is 3.12. The zero-order chi connectivity index (χ0) is 16.0. The maximum Gasteiger partial charge on any atom is 0.135 e. The van der Waals surface area contributed by atoms with Crippen LogP contribution in [0.2, 0.25) is 0 Å². The third-order valence-corrected chi connectivity index (χ3v) is 4.71. The second-order valence-corrected chi connectivity index (χ2v) is 7.82. The van der Waals surface area contributed by atoms with Gasteiger partial charge in [0.2, 0.25) is 0 Å². The molecule has 2 N–H and O–H groups in total. The molecule has 0 aromatic carbocycles. The van der Waals surface area contributed by atoms with Gasteiger partial charge in [-0.15, -0.1) is 0 Å². The molecule has 5 heteroatoms. The summed E-state index contributed by atoms with van der Waals surface area (Å²) in [7, 11) is 0. The molecule has 1 aromatic rings. The van der Waals surface area contributed by atoms with Crippen LogP contribution in [0.1, 0.15) is 58.3 Å². The van der Waals surface area contributed by atoms with Crippen molar-refractivity contribution < 1.29 is 0 Å². The smallest absolute Gasteiger partial charge is 0.135 e. The van der Waals surface area contributed by atoms with Gasteiger partial charge in [-0.25, -0.2) is 9.97 Å². The van der Waals surface area contributed by atoms with E-state index in [2.05, 4.69) is 63.4 Å². The van der Waals surface area contributed by atoms with Crippen molar-refractivity contribution in [2.75, 3.05) is 30.0 Å². The number of thioether (sulfide) groups is 1. The molecule has 0 saturated carbocycles. The topological polar surface area (TPSA) is 49.8 Å². The number of nitrogens with zero attached hydrogens (tertiary/aromatic N) is 2. The van der Waals surface area contributed by atoms with E-state index in [0.717, 1.165) is 42.5 Å². The van der Waals surface area contributed by atoms with Crippen LogP contribution < -0.4 is 10.6 Å². The first kappa shape index (κ1) is 18.1. The lowest BCUT2D eigenvalue weighted by atomic mass is 10.2. The summed E-state index contributed by atoms with van der Waals surface area (Å²) in [6.07, 6.45) is 3.23. The standard InChI is InChI=1S/C16H30N4S/c1-8-9-17-14-12(4)15(18-10-16(5,6)21-7)20-13(19-14)11(2)3/h11H,8-10H2,1-7H3,(H2,17,18,19,20). The Morgan fingerprint density at radius 3 is 2.19 bits per heavy atom. The Bertz CT molecular complexity index is 458. The summed E-state index contributed by atoms with van der Waals surface area (Å²) in [4.78, 5) is 9.37. The molecule has 0 fully saturated rings. The predicted octanol–water partition coefficient (Wildman–Crippen LogP) is 4.28. The van der Waals surface area contributed by atoms with Crippen molar-refractivity contribution in [2.24, 2.45) is 0 Å². The van der Waals surface area contributed by atoms with E-state index in [4.69, 9.17) is 4.98 Å². The highest BCUT2D eigenvalue weighted by Crippen LogP contribution is 2.26. The van der Waals surface area contributed by atoms with Crippen molar-refractivity contribution in [2.45, 2.75) is 58.6 Å². The molecule has 0 aliphatic heterocycles. The zero-order valence-electron chi connectivity index (χ0n) is 14.5. The average molecular weight is 311 g/mol. The van der Waals surface area contributed by atoms with Crippen LogP contribution in [-0.2, 0) is 0 Å². The van der Waals surface area contributed by atoms with Crippen molar-refractivity contribution >= 4 is 23.4 Å². The van der Waals surface area contributed by atoms with Crippen LogP contribution in [0.3, 0.4) is 0 Å². The maximum absolute atomic E-state index is 4.71. The molecule has 0 aliphatic rings. The summed E-state index contributed by atoms with van der Waals surface area (Å²) in [6, 6.07) is 0. The van der Waals surface area contributed by atoms with Gasteiger partial charge in [-0.3, -0.25) is 0 Å². The molecule has 1 aromatic heterocycles. The summed E-state index contributed by atoms with van der Waals surface area (Å²) in [5.41, 5.74) is 1.10. The van der Waals surface area contributed by atoms with E-state index >= 15 is 0 Å². The van der Waals surface area contributed by atoms with Crippen LogP contribution in [0.25, 0.3) is 0 Å². The lowest BCUT2D eigenvalue weighted by Crippen LogP contribution is -2.27. The summed E-state index contributed by atoms with van der Waals surface area (Å²) < 4.78 is 0.187. The fourth-order valence-corrected chi connectivity index (χ4v) is 1.97. The molecule has 0 bridgehead atoms. The molecule has 0 atom stereocenters. The molecule has 0 spiro atoms. The summed E-state index contributed by atoms with van der Waals surface area (Å²) in [6.45, 7) is 14.8. The van der Waals surface area contributed by atoms with Gasteiger partial charge in [0.1, 0.15) is 17.5 Å². The van der Waals surface area contributed by atoms with Crippen molar-refractivity contribution in [3.8, 4) is 0 Å². The van der Waals surface area contributed by atoms with Gasteiger partial charge in [-0.05, 0) is 33.4 Å². The van der Waals surface area contributed by atoms with Crippen molar-refractivity contribution in [1.29, 1.82) is 0 Å². The van der Waals surface area contributed by atoms with E-state index in [-0.39, 0.29) is 4.75 Å². The van der Waals surface area contributed by atoms with E-state index in [1.807, 2.05) is 11.8 Å². The van der Waals surface area contributed by atoms with E-state index in [1.54, 1.807) is 0 Å². The normalized spacial score (nSPS) is 11.8. The highest BCUT2D eigenvalue weighted by atomic mass is 32.2. The molecule has 0 saturated heterocycles. The molecular weight excluding hydrogens is 280 g/mol. The number of nitrogens with one attached hydrogen (secondary N) is 2. The predicted molar refractivity (Wildman–Crippen MR) is 95.7 cm³/mol. The first-order valence-corrected chi connectivity index (χ1v) is 8.94. The largest absolute Gasteiger partial charge is 0.370 e. The van der Waals surface area contributed by atoms with Crippen LogP contribution in [0, 0.1) is 6.92 Å². The summed E-state index contributed by atoms with van der Waals surface area (Å²) >= 11 is 1.86. The Morgan fingerprint density at radius 2 is 1.71 bits per heavy atom. The van der Waals surface area contributed by atoms with Crippen molar-refractivity contribution in [1.82, 2.24) is 9.97 Å². The fraction of sp³-hybridized carbons (Fsp3) is 0.750. The molecule has 4 nitrogen and oxygen atoms in total. The second-order valence-electron chi connectivity index (χ2n) is 6.30. The third kappa shape index (κ3) is 5.38. The van der Waals surface area contributed by atoms with Crippen LogP contribution in [-0.4, -0.2) is 34.1 Å². The first-order chi connectivity index (χ1) is 9.80. The van der Waals surface area contributed by atoms with Gasteiger partial charge in [-0.2, -0.15) is 11.8 Å². The zero-order valence-corrected chi connectivity index (χ0v) is 15.3. The molecule has 0 amide bonds. The minimum absolute atomic E-state index is 0.187. The fourth-order valence-electron chi connectivity index (χ4n) is 1.75. The minimum atomic E-state index is 0.187. The molecule has 0 aliphatic carbocycles. The molecule has 1 rings (SSSR count). The lowest BCUT2D eigenvalue weighted by Gasteiger charge is -2.24. The van der Waals surface area contributed by atoms with Crippen LogP contribution in [0.4, 0.5) is 11.6 Å². The van der Waals surface area contributed by atoms with Crippen LogP contribution >= 0.6 is 11.8 Å². The molecule has 21 heavy (non-hydrogen) atoms. The number of rotatable bonds is 8. The van der Waals surface area contributed by atoms with Gasteiger partial charge in [0, 0.05) is 29.3 Å². The van der Waals surface area contributed by atoms with E-state index in [0.29, 0.717) is 5.92 Å². The monoisotopic (exact) mass is 310 g/mol. The summed E-state index contributed by atoms with van der Waals surface area (Å²) in [5, 5.41) is 6.92. The van der Waals surface area contributed by atoms with Gasteiger partial charge in [-0.1, -0.05) is 20.8 Å². The third-order valence-electron chi connectivity index (χ3n) is 3.46. The van der Waals surface area contributed by atoms with Gasteiger partial charge < -0.3 is 10.6 Å². The van der Waals surface area contributed by atoms with Crippen molar-refractivity contribution in [3.63, 3.8) is 0 Å². The maximum atomic E-state index is 4.71. The van der Waals surface area contributed by atoms with Gasteiger partial charge in [0.25, 0.3) is 0 Å². The van der Waals surface area contributed by atoms with Gasteiger partial charge >= 0.3 is 0 Å². The van der Waals surface area contributed by atoms with E-state index in [9.17, 15) is 0 Å². The Balaban J connectivity index is 3.02. The van der Waals surface area contributed by atoms with E-state index < -0.39 is 0 Å². The Labute approximate surface area is 133 Å². The van der Waals surface area contributed by atoms with Crippen molar-refractivity contribution in [3.05, 3.63) is 11.4 Å².